The predicted octanol–water partition coefficient (Wildman–Crippen LogP) is 3.38. The van der Waals surface area contributed by atoms with Crippen molar-refractivity contribution >= 4 is 11.7 Å². The average Bonchev–Trinajstić information content (AvgIpc) is 2.42. The van der Waals surface area contributed by atoms with Gasteiger partial charge in [0.2, 0.25) is 0 Å². The van der Waals surface area contributed by atoms with Crippen molar-refractivity contribution in [2.75, 3.05) is 11.9 Å². The molecule has 1 aromatic carbocycles. The summed E-state index contributed by atoms with van der Waals surface area (Å²) in [5.74, 6) is 0. The quantitative estimate of drug-likeness (QED) is 0.877. The van der Waals surface area contributed by atoms with Crippen LogP contribution in [0, 0.1) is 20.8 Å². The van der Waals surface area contributed by atoms with Gasteiger partial charge in [-0.15, -0.1) is 0 Å². The van der Waals surface area contributed by atoms with Crippen molar-refractivity contribution in [2.45, 2.75) is 59.1 Å². The summed E-state index contributed by atoms with van der Waals surface area (Å²) in [5.41, 5.74) is 4.29. The topological polar surface area (TPSA) is 52.6 Å². The van der Waals surface area contributed by atoms with Crippen molar-refractivity contribution in [3.63, 3.8) is 0 Å². The minimum atomic E-state index is -0.276. The van der Waals surface area contributed by atoms with Crippen LogP contribution in [0.5, 0.6) is 0 Å². The fraction of sp³-hybridized carbons (Fsp3) is 0.588. The van der Waals surface area contributed by atoms with Gasteiger partial charge >= 0.3 is 6.03 Å². The van der Waals surface area contributed by atoms with Crippen LogP contribution >= 0.6 is 0 Å². The molecule has 1 aromatic rings. The van der Waals surface area contributed by atoms with Gasteiger partial charge in [0.15, 0.2) is 0 Å². The van der Waals surface area contributed by atoms with Gasteiger partial charge in [0.1, 0.15) is 0 Å². The summed E-state index contributed by atoms with van der Waals surface area (Å²) in [7, 11) is 0. The maximum atomic E-state index is 12.6. The SMILES string of the molecule is CC[C@H]1C[C@@H](O)CCN1C(=O)Nc1c(C)cc(C)cc1C. The summed E-state index contributed by atoms with van der Waals surface area (Å²) in [5, 5.41) is 12.8. The summed E-state index contributed by atoms with van der Waals surface area (Å²) in [4.78, 5) is 14.4. The summed E-state index contributed by atoms with van der Waals surface area (Å²) >= 11 is 0. The normalized spacial score (nSPS) is 22.2. The first-order chi connectivity index (χ1) is 9.92. The Balaban J connectivity index is 2.14. The van der Waals surface area contributed by atoms with Crippen LogP contribution in [0.25, 0.3) is 0 Å². The van der Waals surface area contributed by atoms with E-state index in [4.69, 9.17) is 0 Å². The van der Waals surface area contributed by atoms with Crippen LogP contribution < -0.4 is 5.32 Å². The van der Waals surface area contributed by atoms with Gasteiger partial charge in [-0.05, 0) is 51.2 Å². The highest BCUT2D eigenvalue weighted by Gasteiger charge is 2.29. The van der Waals surface area contributed by atoms with Crippen LogP contribution in [0.4, 0.5) is 10.5 Å². The average molecular weight is 290 g/mol. The van der Waals surface area contributed by atoms with Gasteiger partial charge < -0.3 is 15.3 Å². The lowest BCUT2D eigenvalue weighted by Gasteiger charge is -2.37. The second kappa shape index (κ2) is 6.48. The van der Waals surface area contributed by atoms with Crippen LogP contribution in [0.1, 0.15) is 42.9 Å². The standard InChI is InChI=1S/C17H26N2O2/c1-5-14-10-15(20)6-7-19(14)17(21)18-16-12(3)8-11(2)9-13(16)4/h8-9,14-15,20H,5-7,10H2,1-4H3,(H,18,21)/t14-,15-/m0/s1. The number of carbonyl (C=O) groups is 1. The minimum Gasteiger partial charge on any atom is -0.393 e. The first-order valence-corrected chi connectivity index (χ1v) is 7.76. The molecule has 1 aliphatic heterocycles. The van der Waals surface area contributed by atoms with E-state index in [-0.39, 0.29) is 18.2 Å². The minimum absolute atomic E-state index is 0.0520. The molecule has 1 heterocycles. The Morgan fingerprint density at radius 1 is 1.33 bits per heavy atom. The Labute approximate surface area is 127 Å². The number of likely N-dealkylation sites (tertiary alicyclic amines) is 1. The van der Waals surface area contributed by atoms with Gasteiger partial charge in [0.25, 0.3) is 0 Å². The second-order valence-corrected chi connectivity index (χ2v) is 6.14. The van der Waals surface area contributed by atoms with Crippen molar-refractivity contribution in [3.8, 4) is 0 Å². The molecule has 4 nitrogen and oxygen atoms in total. The number of amides is 2. The highest BCUT2D eigenvalue weighted by molar-refractivity contribution is 5.91. The third-order valence-electron chi connectivity index (χ3n) is 4.33. The van der Waals surface area contributed by atoms with Crippen molar-refractivity contribution in [2.24, 2.45) is 0 Å². The molecule has 2 amide bonds. The van der Waals surface area contributed by atoms with E-state index in [1.54, 1.807) is 0 Å². The maximum Gasteiger partial charge on any atom is 0.322 e. The van der Waals surface area contributed by atoms with Crippen LogP contribution in [0.2, 0.25) is 0 Å². The van der Waals surface area contributed by atoms with Gasteiger partial charge in [-0.1, -0.05) is 24.6 Å². The van der Waals surface area contributed by atoms with E-state index in [2.05, 4.69) is 31.3 Å². The third-order valence-corrected chi connectivity index (χ3v) is 4.33. The smallest absolute Gasteiger partial charge is 0.322 e. The number of nitrogens with one attached hydrogen (secondary N) is 1. The lowest BCUT2D eigenvalue weighted by atomic mass is 9.98. The van der Waals surface area contributed by atoms with E-state index in [1.807, 2.05) is 18.7 Å². The molecule has 2 atom stereocenters. The number of hydrogen-bond donors (Lipinski definition) is 2. The number of benzene rings is 1. The molecule has 2 rings (SSSR count). The molecular weight excluding hydrogens is 264 g/mol. The number of aliphatic hydroxyl groups excluding tert-OH is 1. The Bertz CT molecular complexity index is 505. The van der Waals surface area contributed by atoms with Crippen LogP contribution in [0.15, 0.2) is 12.1 Å². The molecular formula is C17H26N2O2. The van der Waals surface area contributed by atoms with Gasteiger partial charge in [0, 0.05) is 18.3 Å². The number of aliphatic hydroxyl groups is 1. The van der Waals surface area contributed by atoms with Crippen molar-refractivity contribution in [1.29, 1.82) is 0 Å². The molecule has 4 heteroatoms. The summed E-state index contributed by atoms with van der Waals surface area (Å²) in [6.45, 7) is 8.78. The molecule has 1 aliphatic rings. The van der Waals surface area contributed by atoms with Gasteiger partial charge in [-0.2, -0.15) is 0 Å². The zero-order valence-corrected chi connectivity index (χ0v) is 13.4. The fourth-order valence-electron chi connectivity index (χ4n) is 3.24. The van der Waals surface area contributed by atoms with Crippen molar-refractivity contribution < 1.29 is 9.90 Å². The van der Waals surface area contributed by atoms with Crippen LogP contribution in [-0.4, -0.2) is 34.7 Å². The Kier molecular flexibility index (Phi) is 4.88. The molecule has 0 aliphatic carbocycles. The van der Waals surface area contributed by atoms with E-state index < -0.39 is 0 Å². The summed E-state index contributed by atoms with van der Waals surface area (Å²) in [6, 6.07) is 4.24. The molecule has 1 fully saturated rings. The van der Waals surface area contributed by atoms with E-state index in [9.17, 15) is 9.90 Å². The fourth-order valence-corrected chi connectivity index (χ4v) is 3.24. The molecule has 0 bridgehead atoms. The Hall–Kier alpha value is -1.55. The largest absolute Gasteiger partial charge is 0.393 e. The molecule has 0 spiro atoms. The first-order valence-electron chi connectivity index (χ1n) is 7.76. The molecule has 2 N–H and O–H groups in total. The number of piperidine rings is 1. The van der Waals surface area contributed by atoms with E-state index in [1.165, 1.54) is 5.56 Å². The highest BCUT2D eigenvalue weighted by atomic mass is 16.3. The number of hydrogen-bond acceptors (Lipinski definition) is 2. The number of carbonyl (C=O) groups excluding carboxylic acids is 1. The maximum absolute atomic E-state index is 12.6. The third kappa shape index (κ3) is 3.56. The van der Waals surface area contributed by atoms with Crippen molar-refractivity contribution in [3.05, 3.63) is 28.8 Å². The first kappa shape index (κ1) is 15.8. The second-order valence-electron chi connectivity index (χ2n) is 6.14. The van der Waals surface area contributed by atoms with Gasteiger partial charge in [0.05, 0.1) is 6.10 Å². The molecule has 0 saturated carbocycles. The molecule has 21 heavy (non-hydrogen) atoms. The van der Waals surface area contributed by atoms with Crippen molar-refractivity contribution in [1.82, 2.24) is 4.90 Å². The number of urea groups is 1. The van der Waals surface area contributed by atoms with Gasteiger partial charge in [-0.25, -0.2) is 4.79 Å². The molecule has 0 radical (unpaired) electrons. The van der Waals surface area contributed by atoms with Crippen LogP contribution in [-0.2, 0) is 0 Å². The van der Waals surface area contributed by atoms with E-state index in [0.29, 0.717) is 19.4 Å². The number of aryl methyl sites for hydroxylation is 3. The zero-order chi connectivity index (χ0) is 15.6. The van der Waals surface area contributed by atoms with E-state index >= 15 is 0 Å². The Morgan fingerprint density at radius 2 is 1.95 bits per heavy atom. The number of rotatable bonds is 2. The predicted molar refractivity (Wildman–Crippen MR) is 85.7 cm³/mol. The highest BCUT2D eigenvalue weighted by Crippen LogP contribution is 2.25. The van der Waals surface area contributed by atoms with Crippen LogP contribution in [0.3, 0.4) is 0 Å². The lowest BCUT2D eigenvalue weighted by Crippen LogP contribution is -2.49. The number of anilines is 1. The lowest BCUT2D eigenvalue weighted by molar-refractivity contribution is 0.0613. The Morgan fingerprint density at radius 3 is 2.52 bits per heavy atom. The summed E-state index contributed by atoms with van der Waals surface area (Å²) in [6.07, 6.45) is 1.93. The summed E-state index contributed by atoms with van der Waals surface area (Å²) < 4.78 is 0. The number of nitrogens with zero attached hydrogens (tertiary/aromatic N) is 1. The molecule has 0 unspecified atom stereocenters. The molecule has 0 aromatic heterocycles. The molecule has 1 saturated heterocycles. The molecule has 116 valence electrons. The zero-order valence-electron chi connectivity index (χ0n) is 13.4. The van der Waals surface area contributed by atoms with Gasteiger partial charge in [-0.3, -0.25) is 0 Å². The monoisotopic (exact) mass is 290 g/mol. The van der Waals surface area contributed by atoms with E-state index in [0.717, 1.165) is 23.2 Å².